The van der Waals surface area contributed by atoms with E-state index < -0.39 is 11.6 Å². The Morgan fingerprint density at radius 1 is 1.25 bits per heavy atom. The van der Waals surface area contributed by atoms with Crippen molar-refractivity contribution < 1.29 is 13.5 Å². The third kappa shape index (κ3) is 3.48. The fourth-order valence-electron chi connectivity index (χ4n) is 3.14. The van der Waals surface area contributed by atoms with E-state index in [9.17, 15) is 8.78 Å². The van der Waals surface area contributed by atoms with E-state index in [-0.39, 0.29) is 17.4 Å². The van der Waals surface area contributed by atoms with Crippen LogP contribution in [-0.4, -0.2) is 13.7 Å². The van der Waals surface area contributed by atoms with Crippen molar-refractivity contribution in [1.82, 2.24) is 5.32 Å². The summed E-state index contributed by atoms with van der Waals surface area (Å²) in [6.45, 7) is 2.66. The van der Waals surface area contributed by atoms with Gasteiger partial charge in [0.15, 0.2) is 0 Å². The van der Waals surface area contributed by atoms with E-state index in [1.54, 1.807) is 0 Å². The lowest BCUT2D eigenvalue weighted by molar-refractivity contribution is 0.371. The summed E-state index contributed by atoms with van der Waals surface area (Å²) >= 11 is 0. The van der Waals surface area contributed by atoms with E-state index >= 15 is 0 Å². The quantitative estimate of drug-likeness (QED) is 0.844. The van der Waals surface area contributed by atoms with Crippen molar-refractivity contribution in [3.8, 4) is 5.75 Å². The Hall–Kier alpha value is -1.16. The van der Waals surface area contributed by atoms with Gasteiger partial charge in [0.1, 0.15) is 17.4 Å². The maximum Gasteiger partial charge on any atom is 0.134 e. The summed E-state index contributed by atoms with van der Waals surface area (Å²) in [5, 5.41) is 3.22. The molecule has 0 aliphatic heterocycles. The van der Waals surface area contributed by atoms with E-state index in [0.29, 0.717) is 12.5 Å². The van der Waals surface area contributed by atoms with Crippen LogP contribution in [0, 0.1) is 17.6 Å². The summed E-state index contributed by atoms with van der Waals surface area (Å²) < 4.78 is 33.3. The molecule has 0 aromatic heterocycles. The zero-order valence-electron chi connectivity index (χ0n) is 12.2. The van der Waals surface area contributed by atoms with Crippen LogP contribution >= 0.6 is 0 Å². The Labute approximate surface area is 119 Å². The second-order valence-corrected chi connectivity index (χ2v) is 5.50. The monoisotopic (exact) mass is 283 g/mol. The van der Waals surface area contributed by atoms with Crippen molar-refractivity contribution in [2.75, 3.05) is 13.7 Å². The molecule has 0 saturated heterocycles. The van der Waals surface area contributed by atoms with Crippen LogP contribution < -0.4 is 10.1 Å². The van der Waals surface area contributed by atoms with Crippen molar-refractivity contribution in [2.24, 2.45) is 5.92 Å². The Balaban J connectivity index is 2.23. The maximum absolute atomic E-state index is 14.2. The zero-order chi connectivity index (χ0) is 14.5. The van der Waals surface area contributed by atoms with E-state index in [4.69, 9.17) is 4.74 Å². The Morgan fingerprint density at radius 2 is 1.85 bits per heavy atom. The van der Waals surface area contributed by atoms with Crippen LogP contribution in [0.2, 0.25) is 0 Å². The fraction of sp³-hybridized carbons (Fsp3) is 0.625. The molecule has 112 valence electrons. The van der Waals surface area contributed by atoms with Gasteiger partial charge in [-0.05, 0) is 18.9 Å². The minimum atomic E-state index is -0.522. The topological polar surface area (TPSA) is 21.3 Å². The molecule has 1 fully saturated rings. The van der Waals surface area contributed by atoms with E-state index in [1.165, 1.54) is 44.9 Å². The Kier molecular flexibility index (Phi) is 5.35. The molecule has 1 aromatic carbocycles. The Bertz CT molecular complexity index is 421. The number of ether oxygens (including phenoxy) is 1. The lowest BCUT2D eigenvalue weighted by atomic mass is 9.92. The largest absolute Gasteiger partial charge is 0.497 e. The number of hydrogen-bond donors (Lipinski definition) is 1. The molecular formula is C16H23F2NO. The van der Waals surface area contributed by atoms with Gasteiger partial charge < -0.3 is 10.1 Å². The lowest BCUT2D eigenvalue weighted by Crippen LogP contribution is -2.25. The number of methoxy groups -OCH3 is 1. The summed E-state index contributed by atoms with van der Waals surface area (Å²) in [5.74, 6) is -0.253. The number of halogens is 2. The van der Waals surface area contributed by atoms with Gasteiger partial charge in [0.2, 0.25) is 0 Å². The molecule has 2 nitrogen and oxygen atoms in total. The summed E-state index contributed by atoms with van der Waals surface area (Å²) in [7, 11) is 1.41. The molecule has 1 N–H and O–H groups in total. The average molecular weight is 283 g/mol. The van der Waals surface area contributed by atoms with Crippen LogP contribution in [0.1, 0.15) is 50.6 Å². The van der Waals surface area contributed by atoms with Gasteiger partial charge in [0.25, 0.3) is 0 Å². The van der Waals surface area contributed by atoms with Gasteiger partial charge in [-0.15, -0.1) is 0 Å². The molecule has 20 heavy (non-hydrogen) atoms. The molecule has 2 rings (SSSR count). The molecule has 1 unspecified atom stereocenters. The number of hydrogen-bond acceptors (Lipinski definition) is 2. The minimum Gasteiger partial charge on any atom is -0.497 e. The molecule has 0 heterocycles. The smallest absolute Gasteiger partial charge is 0.134 e. The molecule has 0 amide bonds. The summed E-state index contributed by atoms with van der Waals surface area (Å²) in [6.07, 6.45) is 5.60. The highest BCUT2D eigenvalue weighted by Crippen LogP contribution is 2.35. The van der Waals surface area contributed by atoms with Crippen LogP contribution in [0.4, 0.5) is 8.78 Å². The van der Waals surface area contributed by atoms with E-state index in [1.807, 2.05) is 6.92 Å². The van der Waals surface area contributed by atoms with Crippen molar-refractivity contribution in [2.45, 2.75) is 45.1 Å². The van der Waals surface area contributed by atoms with Gasteiger partial charge in [-0.25, -0.2) is 8.78 Å². The van der Waals surface area contributed by atoms with Gasteiger partial charge in [-0.1, -0.05) is 32.6 Å². The molecule has 1 aliphatic carbocycles. The SMILES string of the molecule is CCNC(CC1CCCC1)c1c(F)cc(OC)cc1F. The highest BCUT2D eigenvalue weighted by atomic mass is 19.1. The summed E-state index contributed by atoms with van der Waals surface area (Å²) in [5.41, 5.74) is 0.152. The third-order valence-corrected chi connectivity index (χ3v) is 4.13. The number of nitrogens with one attached hydrogen (secondary N) is 1. The second kappa shape index (κ2) is 7.02. The molecule has 1 aromatic rings. The van der Waals surface area contributed by atoms with Gasteiger partial charge in [0.05, 0.1) is 7.11 Å². The van der Waals surface area contributed by atoms with Crippen molar-refractivity contribution in [3.63, 3.8) is 0 Å². The van der Waals surface area contributed by atoms with Gasteiger partial charge in [0, 0.05) is 23.7 Å². The first-order chi connectivity index (χ1) is 9.65. The first kappa shape index (κ1) is 15.2. The summed E-state index contributed by atoms with van der Waals surface area (Å²) in [6, 6.07) is 2.27. The van der Waals surface area contributed by atoms with Crippen LogP contribution in [-0.2, 0) is 0 Å². The minimum absolute atomic E-state index is 0.152. The maximum atomic E-state index is 14.2. The highest BCUT2D eigenvalue weighted by Gasteiger charge is 2.25. The van der Waals surface area contributed by atoms with Gasteiger partial charge in [-0.3, -0.25) is 0 Å². The molecular weight excluding hydrogens is 260 g/mol. The van der Waals surface area contributed by atoms with Crippen molar-refractivity contribution in [3.05, 3.63) is 29.3 Å². The summed E-state index contributed by atoms with van der Waals surface area (Å²) in [4.78, 5) is 0. The molecule has 0 radical (unpaired) electrons. The van der Waals surface area contributed by atoms with Crippen molar-refractivity contribution >= 4 is 0 Å². The van der Waals surface area contributed by atoms with Crippen LogP contribution in [0.15, 0.2) is 12.1 Å². The standard InChI is InChI=1S/C16H23F2NO/c1-3-19-15(8-11-6-4-5-7-11)16-13(17)9-12(20-2)10-14(16)18/h9-11,15,19H,3-8H2,1-2H3. The first-order valence-corrected chi connectivity index (χ1v) is 7.42. The van der Waals surface area contributed by atoms with E-state index in [2.05, 4.69) is 5.32 Å². The van der Waals surface area contributed by atoms with Gasteiger partial charge in [-0.2, -0.15) is 0 Å². The molecule has 1 saturated carbocycles. The molecule has 1 aliphatic rings. The molecule has 0 bridgehead atoms. The molecule has 1 atom stereocenters. The predicted octanol–water partition coefficient (Wildman–Crippen LogP) is 4.20. The second-order valence-electron chi connectivity index (χ2n) is 5.50. The third-order valence-electron chi connectivity index (χ3n) is 4.13. The number of benzene rings is 1. The zero-order valence-corrected chi connectivity index (χ0v) is 12.2. The number of rotatable bonds is 6. The van der Waals surface area contributed by atoms with Gasteiger partial charge >= 0.3 is 0 Å². The van der Waals surface area contributed by atoms with Crippen molar-refractivity contribution in [1.29, 1.82) is 0 Å². The average Bonchev–Trinajstić information content (AvgIpc) is 2.90. The highest BCUT2D eigenvalue weighted by molar-refractivity contribution is 5.32. The van der Waals surface area contributed by atoms with E-state index in [0.717, 1.165) is 6.42 Å². The lowest BCUT2D eigenvalue weighted by Gasteiger charge is -2.23. The van der Waals surface area contributed by atoms with Crippen LogP contribution in [0.5, 0.6) is 5.75 Å². The molecule has 4 heteroatoms. The predicted molar refractivity (Wildman–Crippen MR) is 75.9 cm³/mol. The van der Waals surface area contributed by atoms with Crippen LogP contribution in [0.25, 0.3) is 0 Å². The van der Waals surface area contributed by atoms with Crippen LogP contribution in [0.3, 0.4) is 0 Å². The Morgan fingerprint density at radius 3 is 2.35 bits per heavy atom. The normalized spacial score (nSPS) is 17.4. The molecule has 0 spiro atoms. The fourth-order valence-corrected chi connectivity index (χ4v) is 3.14. The first-order valence-electron chi connectivity index (χ1n) is 7.42.